The molecule has 0 aliphatic carbocycles. The summed E-state index contributed by atoms with van der Waals surface area (Å²) in [5.74, 6) is -3.36. The predicted molar refractivity (Wildman–Crippen MR) is 252 cm³/mol. The molecule has 18 nitrogen and oxygen atoms in total. The van der Waals surface area contributed by atoms with Gasteiger partial charge in [0.1, 0.15) is 18.7 Å². The molecule has 3 rings (SSSR count). The van der Waals surface area contributed by atoms with Gasteiger partial charge in [0.05, 0.1) is 42.0 Å². The number of para-hydroxylation sites is 1. The molecule has 0 radical (unpaired) electrons. The number of fused-ring (bicyclic) bond motifs is 2. The average Bonchev–Trinajstić information content (AvgIpc) is 3.54. The van der Waals surface area contributed by atoms with Gasteiger partial charge in [0.25, 0.3) is 0 Å². The molecule has 6 N–H and O–H groups in total. The quantitative estimate of drug-likeness (QED) is 0.0760. The van der Waals surface area contributed by atoms with Crippen molar-refractivity contribution in [3.8, 4) is 0 Å². The molecule has 2 aromatic rings. The molecule has 65 heavy (non-hydrogen) atoms. The van der Waals surface area contributed by atoms with Crippen molar-refractivity contribution in [1.82, 2.24) is 45.4 Å². The number of carbonyl (C=O) groups excluding carboxylic acids is 6. The summed E-state index contributed by atoms with van der Waals surface area (Å²) in [5.41, 5.74) is 10.2. The van der Waals surface area contributed by atoms with Gasteiger partial charge in [0.15, 0.2) is 0 Å². The van der Waals surface area contributed by atoms with Gasteiger partial charge in [-0.2, -0.15) is 0 Å². The van der Waals surface area contributed by atoms with E-state index in [0.29, 0.717) is 51.1 Å². The summed E-state index contributed by atoms with van der Waals surface area (Å²) in [6.45, 7) is 16.9. The number of aryl methyl sites for hydroxylation is 1. The van der Waals surface area contributed by atoms with Crippen LogP contribution in [0.4, 0.5) is 0 Å². The standard InChI is InChI=1S/C47H74N10O8/c1-11-20-57(31-42(60)50-28-44(62)65-33(4)32(3)26-39-45-36(29-56(39)10)34(12-2)35-15-13-14-16-37(35)52-45)46(63)38(27-40(48)58)51-43(61)30-55(9)25-24-54(8)23-22-53(7)21-19-49-41(59)17-18-47(5,6)64/h13-16,26,33,38,64H,3,11-12,17-25,27-31H2,1-2,4-10H3,(H2,48,58)(H,49,59)(H,50,60)(H,51,61)/b39-26-/t33?,38-/m0/s1. The van der Waals surface area contributed by atoms with Crippen molar-refractivity contribution < 1.29 is 38.6 Å². The molecule has 18 heteroatoms. The second kappa shape index (κ2) is 25.9. The molecule has 0 bridgehead atoms. The van der Waals surface area contributed by atoms with Crippen molar-refractivity contribution in [1.29, 1.82) is 0 Å². The zero-order valence-corrected chi connectivity index (χ0v) is 40.1. The van der Waals surface area contributed by atoms with Gasteiger partial charge in [-0.1, -0.05) is 38.6 Å². The van der Waals surface area contributed by atoms with E-state index in [0.717, 1.165) is 47.4 Å². The number of esters is 1. The minimum absolute atomic E-state index is 0.0559. The molecule has 5 amide bonds. The largest absolute Gasteiger partial charge is 0.456 e. The van der Waals surface area contributed by atoms with Crippen molar-refractivity contribution in [2.24, 2.45) is 5.73 Å². The Morgan fingerprint density at radius 1 is 0.938 bits per heavy atom. The Bertz CT molecular complexity index is 2020. The number of nitrogens with one attached hydrogen (secondary N) is 3. The maximum absolute atomic E-state index is 13.7. The molecule has 0 spiro atoms. The third kappa shape index (κ3) is 18.2. The maximum Gasteiger partial charge on any atom is 0.326 e. The van der Waals surface area contributed by atoms with E-state index in [4.69, 9.17) is 15.5 Å². The van der Waals surface area contributed by atoms with Crippen LogP contribution in [0.2, 0.25) is 0 Å². The molecule has 0 saturated carbocycles. The van der Waals surface area contributed by atoms with Crippen LogP contribution in [0.5, 0.6) is 0 Å². The third-order valence-corrected chi connectivity index (χ3v) is 11.2. The molecule has 0 saturated heterocycles. The SMILES string of the molecule is C=C(/C=C1/c2nc3ccccc3c(CC)c2CN1C)C(C)OC(=O)CNC(=O)CN(CCC)C(=O)[C@H](CC(N)=O)NC(=O)CN(C)CCN(C)CCN(C)CCNC(=O)CCC(C)(C)O. The van der Waals surface area contributed by atoms with Gasteiger partial charge in [-0.05, 0) is 84.5 Å². The lowest BCUT2D eigenvalue weighted by Gasteiger charge is -2.28. The number of carbonyl (C=O) groups is 6. The van der Waals surface area contributed by atoms with Crippen LogP contribution in [0.3, 0.4) is 0 Å². The van der Waals surface area contributed by atoms with E-state index < -0.39 is 66.9 Å². The summed E-state index contributed by atoms with van der Waals surface area (Å²) in [6.07, 6.45) is 2.69. The van der Waals surface area contributed by atoms with Gasteiger partial charge in [0, 0.05) is 76.8 Å². The van der Waals surface area contributed by atoms with Crippen LogP contribution in [-0.4, -0.2) is 181 Å². The van der Waals surface area contributed by atoms with Gasteiger partial charge in [-0.25, -0.2) is 4.98 Å². The first-order chi connectivity index (χ1) is 30.6. The highest BCUT2D eigenvalue weighted by Gasteiger charge is 2.30. The fourth-order valence-corrected chi connectivity index (χ4v) is 7.32. The number of nitrogens with zero attached hydrogens (tertiary/aromatic N) is 6. The molecule has 360 valence electrons. The zero-order valence-electron chi connectivity index (χ0n) is 40.1. The molecule has 1 aliphatic rings. The molecule has 1 aromatic carbocycles. The number of nitrogens with two attached hydrogens (primary N) is 1. The van der Waals surface area contributed by atoms with Crippen LogP contribution < -0.4 is 21.7 Å². The van der Waals surface area contributed by atoms with Gasteiger partial charge in [-0.15, -0.1) is 0 Å². The summed E-state index contributed by atoms with van der Waals surface area (Å²) in [6, 6.07) is 6.77. The van der Waals surface area contributed by atoms with Crippen molar-refractivity contribution >= 4 is 52.1 Å². The Morgan fingerprint density at radius 3 is 2.22 bits per heavy atom. The molecular formula is C47H74N10O8. The molecule has 2 heterocycles. The minimum Gasteiger partial charge on any atom is -0.456 e. The van der Waals surface area contributed by atoms with Crippen molar-refractivity contribution in [3.63, 3.8) is 0 Å². The summed E-state index contributed by atoms with van der Waals surface area (Å²) < 4.78 is 5.61. The predicted octanol–water partition coefficient (Wildman–Crippen LogP) is 1.25. The second-order valence-electron chi connectivity index (χ2n) is 17.7. The summed E-state index contributed by atoms with van der Waals surface area (Å²) in [5, 5.41) is 19.0. The monoisotopic (exact) mass is 907 g/mol. The first-order valence-electron chi connectivity index (χ1n) is 22.5. The Hall–Kier alpha value is -5.43. The van der Waals surface area contributed by atoms with Crippen LogP contribution in [0, 0.1) is 0 Å². The number of likely N-dealkylation sites (N-methyl/N-ethyl adjacent to an activating group) is 3. The lowest BCUT2D eigenvalue weighted by molar-refractivity contribution is -0.147. The highest BCUT2D eigenvalue weighted by Crippen LogP contribution is 2.37. The Morgan fingerprint density at radius 2 is 1.58 bits per heavy atom. The second-order valence-corrected chi connectivity index (χ2v) is 17.7. The molecule has 2 atom stereocenters. The summed E-state index contributed by atoms with van der Waals surface area (Å²) >= 11 is 0. The molecule has 1 aromatic heterocycles. The number of aliphatic hydroxyl groups is 1. The number of amides is 5. The Kier molecular flexibility index (Phi) is 21.5. The van der Waals surface area contributed by atoms with E-state index in [9.17, 15) is 33.9 Å². The van der Waals surface area contributed by atoms with Gasteiger partial charge in [-0.3, -0.25) is 33.7 Å². The highest BCUT2D eigenvalue weighted by atomic mass is 16.5. The van der Waals surface area contributed by atoms with E-state index in [2.05, 4.69) is 50.2 Å². The number of ether oxygens (including phenoxy) is 1. The Balaban J connectivity index is 1.46. The van der Waals surface area contributed by atoms with Gasteiger partial charge in [0.2, 0.25) is 29.5 Å². The fraction of sp³-hybridized carbons (Fsp3) is 0.596. The average molecular weight is 907 g/mol. The number of hydrogen-bond acceptors (Lipinski definition) is 13. The number of rotatable bonds is 28. The number of hydrogen-bond donors (Lipinski definition) is 5. The van der Waals surface area contributed by atoms with Crippen LogP contribution >= 0.6 is 0 Å². The van der Waals surface area contributed by atoms with Gasteiger partial charge >= 0.3 is 5.97 Å². The maximum atomic E-state index is 13.7. The van der Waals surface area contributed by atoms with Crippen molar-refractivity contribution in [2.45, 2.75) is 91.0 Å². The lowest BCUT2D eigenvalue weighted by atomic mass is 9.99. The Labute approximate surface area is 384 Å². The summed E-state index contributed by atoms with van der Waals surface area (Å²) in [7, 11) is 7.69. The van der Waals surface area contributed by atoms with Crippen LogP contribution in [-0.2, 0) is 46.5 Å². The fourth-order valence-electron chi connectivity index (χ4n) is 7.32. The number of primary amides is 1. The molecular weight excluding hydrogens is 833 g/mol. The molecule has 1 unspecified atom stereocenters. The molecule has 0 fully saturated rings. The van der Waals surface area contributed by atoms with Gasteiger partial charge < -0.3 is 51.1 Å². The van der Waals surface area contributed by atoms with Crippen molar-refractivity contribution in [2.75, 3.05) is 93.6 Å². The van der Waals surface area contributed by atoms with E-state index in [-0.39, 0.29) is 25.4 Å². The minimum atomic E-state index is -1.29. The first-order valence-corrected chi connectivity index (χ1v) is 22.5. The lowest BCUT2D eigenvalue weighted by Crippen LogP contribution is -2.54. The molecule has 1 aliphatic heterocycles. The normalized spacial score (nSPS) is 14.1. The smallest absolute Gasteiger partial charge is 0.326 e. The van der Waals surface area contributed by atoms with E-state index in [1.807, 2.05) is 52.3 Å². The van der Waals surface area contributed by atoms with Crippen LogP contribution in [0.1, 0.15) is 77.1 Å². The van der Waals surface area contributed by atoms with Crippen molar-refractivity contribution in [3.05, 3.63) is 59.3 Å². The zero-order chi connectivity index (χ0) is 48.4. The number of benzene rings is 1. The van der Waals surface area contributed by atoms with Crippen LogP contribution in [0.15, 0.2) is 42.5 Å². The number of aromatic nitrogens is 1. The topological polar surface area (TPSA) is 223 Å². The number of pyridine rings is 1. The first kappa shape index (κ1) is 53.9. The van der Waals surface area contributed by atoms with Crippen LogP contribution in [0.25, 0.3) is 16.6 Å². The highest BCUT2D eigenvalue weighted by molar-refractivity contribution is 5.94. The van der Waals surface area contributed by atoms with E-state index >= 15 is 0 Å². The third-order valence-electron chi connectivity index (χ3n) is 11.2. The summed E-state index contributed by atoms with van der Waals surface area (Å²) in [4.78, 5) is 91.1. The van der Waals surface area contributed by atoms with E-state index in [1.54, 1.807) is 32.7 Å². The van der Waals surface area contributed by atoms with E-state index in [1.165, 1.54) is 10.5 Å².